The molecule has 2 aromatic rings. The molecule has 2 rings (SSSR count). The fourth-order valence-corrected chi connectivity index (χ4v) is 2.02. The molecular weight excluding hydrogens is 228 g/mol. The van der Waals surface area contributed by atoms with Gasteiger partial charge in [-0.05, 0) is 13.8 Å². The Balaban J connectivity index is 2.22. The molecule has 0 aromatic carbocycles. The largest absolute Gasteiger partial charge is 0.309 e. The van der Waals surface area contributed by atoms with E-state index in [1.54, 1.807) is 22.9 Å². The molecule has 2 heterocycles. The Morgan fingerprint density at radius 1 is 1.56 bits per heavy atom. The molecule has 0 fully saturated rings. The normalized spacial score (nSPS) is 10.6. The van der Waals surface area contributed by atoms with Crippen molar-refractivity contribution in [2.24, 2.45) is 0 Å². The standard InChI is InChI=1S/C9H10N4O2S/c1-6-9(13(14)15)4-12(11-6)3-8-5-16-7(2)10-8/h4-5H,3H2,1-2H3. The van der Waals surface area contributed by atoms with Gasteiger partial charge in [0.1, 0.15) is 11.9 Å². The highest BCUT2D eigenvalue weighted by Crippen LogP contribution is 2.16. The highest BCUT2D eigenvalue weighted by Gasteiger charge is 2.15. The lowest BCUT2D eigenvalue weighted by Gasteiger charge is -1.95. The summed E-state index contributed by atoms with van der Waals surface area (Å²) in [4.78, 5) is 14.5. The maximum absolute atomic E-state index is 10.6. The summed E-state index contributed by atoms with van der Waals surface area (Å²) < 4.78 is 1.54. The molecule has 6 nitrogen and oxygen atoms in total. The molecule has 0 aliphatic heterocycles. The topological polar surface area (TPSA) is 73.8 Å². The maximum atomic E-state index is 10.6. The van der Waals surface area contributed by atoms with Crippen LogP contribution in [0.2, 0.25) is 0 Å². The van der Waals surface area contributed by atoms with Crippen molar-refractivity contribution >= 4 is 17.0 Å². The second-order valence-corrected chi connectivity index (χ2v) is 4.47. The van der Waals surface area contributed by atoms with Crippen molar-refractivity contribution in [3.8, 4) is 0 Å². The SMILES string of the molecule is Cc1nc(Cn2cc([N+](=O)[O-])c(C)n2)cs1. The van der Waals surface area contributed by atoms with Gasteiger partial charge in [0.05, 0.1) is 22.2 Å². The first kappa shape index (κ1) is 10.7. The van der Waals surface area contributed by atoms with Gasteiger partial charge >= 0.3 is 5.69 Å². The molecule has 0 saturated carbocycles. The zero-order valence-corrected chi connectivity index (χ0v) is 9.69. The van der Waals surface area contributed by atoms with Gasteiger partial charge in [0.15, 0.2) is 0 Å². The second kappa shape index (κ2) is 4.01. The summed E-state index contributed by atoms with van der Waals surface area (Å²) in [6.45, 7) is 4.02. The van der Waals surface area contributed by atoms with E-state index in [9.17, 15) is 10.1 Å². The lowest BCUT2D eigenvalue weighted by atomic mass is 10.4. The predicted octanol–water partition coefficient (Wildman–Crippen LogP) is 1.91. The van der Waals surface area contributed by atoms with Crippen molar-refractivity contribution in [3.63, 3.8) is 0 Å². The number of nitro groups is 1. The molecule has 0 unspecified atom stereocenters. The molecule has 0 radical (unpaired) electrons. The fourth-order valence-electron chi connectivity index (χ4n) is 1.41. The third-order valence-corrected chi connectivity index (χ3v) is 2.93. The molecule has 0 aliphatic rings. The third-order valence-electron chi connectivity index (χ3n) is 2.11. The van der Waals surface area contributed by atoms with Gasteiger partial charge in [0.25, 0.3) is 0 Å². The van der Waals surface area contributed by atoms with Crippen LogP contribution in [-0.2, 0) is 6.54 Å². The average molecular weight is 238 g/mol. The Bertz CT molecular complexity index is 531. The Morgan fingerprint density at radius 2 is 2.31 bits per heavy atom. The number of aromatic nitrogens is 3. The first-order valence-corrected chi connectivity index (χ1v) is 5.53. The van der Waals surface area contributed by atoms with E-state index in [-0.39, 0.29) is 5.69 Å². The van der Waals surface area contributed by atoms with Crippen LogP contribution < -0.4 is 0 Å². The average Bonchev–Trinajstić information content (AvgIpc) is 2.73. The molecular formula is C9H10N4O2S. The van der Waals surface area contributed by atoms with Gasteiger partial charge in [-0.1, -0.05) is 0 Å². The van der Waals surface area contributed by atoms with Crippen LogP contribution in [0.25, 0.3) is 0 Å². The zero-order chi connectivity index (χ0) is 11.7. The summed E-state index contributed by atoms with van der Waals surface area (Å²) in [5.74, 6) is 0. The molecule has 0 bridgehead atoms. The molecule has 2 aromatic heterocycles. The minimum Gasteiger partial charge on any atom is -0.259 e. The van der Waals surface area contributed by atoms with Crippen molar-refractivity contribution in [1.82, 2.24) is 14.8 Å². The van der Waals surface area contributed by atoms with E-state index in [1.807, 2.05) is 12.3 Å². The Kier molecular flexibility index (Phi) is 2.69. The number of hydrogen-bond donors (Lipinski definition) is 0. The van der Waals surface area contributed by atoms with Crippen LogP contribution in [-0.4, -0.2) is 19.7 Å². The van der Waals surface area contributed by atoms with E-state index in [4.69, 9.17) is 0 Å². The maximum Gasteiger partial charge on any atom is 0.309 e. The van der Waals surface area contributed by atoms with Crippen molar-refractivity contribution < 1.29 is 4.92 Å². The molecule has 0 N–H and O–H groups in total. The van der Waals surface area contributed by atoms with Crippen molar-refractivity contribution in [3.05, 3.63) is 38.1 Å². The van der Waals surface area contributed by atoms with Crippen molar-refractivity contribution in [2.45, 2.75) is 20.4 Å². The zero-order valence-electron chi connectivity index (χ0n) is 8.88. The Labute approximate surface area is 95.7 Å². The van der Waals surface area contributed by atoms with Crippen LogP contribution in [0.15, 0.2) is 11.6 Å². The lowest BCUT2D eigenvalue weighted by Crippen LogP contribution is -2.00. The second-order valence-electron chi connectivity index (χ2n) is 3.41. The van der Waals surface area contributed by atoms with Crippen molar-refractivity contribution in [2.75, 3.05) is 0 Å². The first-order valence-electron chi connectivity index (χ1n) is 4.65. The van der Waals surface area contributed by atoms with Gasteiger partial charge < -0.3 is 0 Å². The van der Waals surface area contributed by atoms with E-state index in [1.165, 1.54) is 6.20 Å². The number of thiazole rings is 1. The first-order chi connectivity index (χ1) is 7.56. The summed E-state index contributed by atoms with van der Waals surface area (Å²) in [7, 11) is 0. The Hall–Kier alpha value is -1.76. The van der Waals surface area contributed by atoms with Gasteiger partial charge in [-0.25, -0.2) is 4.98 Å². The molecule has 84 valence electrons. The van der Waals surface area contributed by atoms with E-state index in [2.05, 4.69) is 10.1 Å². The van der Waals surface area contributed by atoms with E-state index in [0.717, 1.165) is 10.7 Å². The van der Waals surface area contributed by atoms with Crippen LogP contribution in [0, 0.1) is 24.0 Å². The van der Waals surface area contributed by atoms with Crippen LogP contribution in [0.5, 0.6) is 0 Å². The van der Waals surface area contributed by atoms with Gasteiger partial charge in [-0.3, -0.25) is 14.8 Å². The number of aryl methyl sites for hydroxylation is 2. The Morgan fingerprint density at radius 3 is 2.81 bits per heavy atom. The summed E-state index contributed by atoms with van der Waals surface area (Å²) >= 11 is 1.55. The van der Waals surface area contributed by atoms with Gasteiger partial charge in [0, 0.05) is 5.38 Å². The lowest BCUT2D eigenvalue weighted by molar-refractivity contribution is -0.385. The quantitative estimate of drug-likeness (QED) is 0.604. The number of nitrogens with zero attached hydrogens (tertiary/aromatic N) is 4. The summed E-state index contributed by atoms with van der Waals surface area (Å²) in [5, 5.41) is 17.6. The highest BCUT2D eigenvalue weighted by molar-refractivity contribution is 7.09. The smallest absolute Gasteiger partial charge is 0.259 e. The van der Waals surface area contributed by atoms with Gasteiger partial charge in [-0.15, -0.1) is 11.3 Å². The number of hydrogen-bond acceptors (Lipinski definition) is 5. The summed E-state index contributed by atoms with van der Waals surface area (Å²) in [6.07, 6.45) is 1.43. The molecule has 0 aliphatic carbocycles. The molecule has 0 saturated heterocycles. The predicted molar refractivity (Wildman–Crippen MR) is 59.6 cm³/mol. The fraction of sp³-hybridized carbons (Fsp3) is 0.333. The van der Waals surface area contributed by atoms with E-state index >= 15 is 0 Å². The molecule has 0 spiro atoms. The van der Waals surface area contributed by atoms with E-state index in [0.29, 0.717) is 12.2 Å². The van der Waals surface area contributed by atoms with Gasteiger partial charge in [0.2, 0.25) is 0 Å². The summed E-state index contributed by atoms with van der Waals surface area (Å²) in [6, 6.07) is 0. The van der Waals surface area contributed by atoms with E-state index < -0.39 is 4.92 Å². The summed E-state index contributed by atoms with van der Waals surface area (Å²) in [5.41, 5.74) is 1.35. The number of rotatable bonds is 3. The third kappa shape index (κ3) is 2.08. The molecule has 0 atom stereocenters. The highest BCUT2D eigenvalue weighted by atomic mass is 32.1. The molecule has 7 heteroatoms. The van der Waals surface area contributed by atoms with Gasteiger partial charge in [-0.2, -0.15) is 5.10 Å². The van der Waals surface area contributed by atoms with Crippen LogP contribution in [0.3, 0.4) is 0 Å². The van der Waals surface area contributed by atoms with Crippen molar-refractivity contribution in [1.29, 1.82) is 0 Å². The van der Waals surface area contributed by atoms with Crippen LogP contribution >= 0.6 is 11.3 Å². The molecule has 0 amide bonds. The van der Waals surface area contributed by atoms with Crippen LogP contribution in [0.1, 0.15) is 16.4 Å². The minimum atomic E-state index is -0.425. The monoisotopic (exact) mass is 238 g/mol. The minimum absolute atomic E-state index is 0.0481. The molecule has 16 heavy (non-hydrogen) atoms. The van der Waals surface area contributed by atoms with Crippen LogP contribution in [0.4, 0.5) is 5.69 Å².